The number of fused-ring (bicyclic) bond motifs is 7. The smallest absolute Gasteiger partial charge is 0.246 e. The lowest BCUT2D eigenvalue weighted by Crippen LogP contribution is -2.70. The number of nitrogens with two attached hydrogens (primary N) is 1. The Hall–Kier alpha value is -4.14. The molecule has 1 unspecified atom stereocenters. The van der Waals surface area contributed by atoms with Crippen LogP contribution in [0.2, 0.25) is 0 Å². The van der Waals surface area contributed by atoms with Crippen LogP contribution in [0.15, 0.2) is 72.3 Å². The lowest BCUT2D eigenvalue weighted by atomic mass is 9.44. The molecule has 2 aromatic carbocycles. The Morgan fingerprint density at radius 2 is 1.76 bits per heavy atom. The number of halogens is 2. The number of benzene rings is 2. The Labute approximate surface area is 312 Å². The minimum atomic E-state index is -2.33. The quantitative estimate of drug-likeness (QED) is 0.256. The molecular formula is C41H47F2N3O8. The average Bonchev–Trinajstić information content (AvgIpc) is 3.63. The van der Waals surface area contributed by atoms with Crippen molar-refractivity contribution in [1.29, 1.82) is 0 Å². The highest BCUT2D eigenvalue weighted by atomic mass is 19.1. The summed E-state index contributed by atoms with van der Waals surface area (Å²) in [6, 6.07) is 13.2. The first-order chi connectivity index (χ1) is 25.5. The van der Waals surface area contributed by atoms with Crippen LogP contribution in [0, 0.1) is 22.7 Å². The molecule has 1 heterocycles. The van der Waals surface area contributed by atoms with Crippen molar-refractivity contribution < 1.29 is 47.6 Å². The van der Waals surface area contributed by atoms with Crippen LogP contribution in [0.3, 0.4) is 0 Å². The number of nitrogens with one attached hydrogen (secondary N) is 2. The van der Waals surface area contributed by atoms with Crippen molar-refractivity contribution in [2.75, 3.05) is 11.9 Å². The molecule has 6 N–H and O–H groups in total. The lowest BCUT2D eigenvalue weighted by molar-refractivity contribution is -0.235. The van der Waals surface area contributed by atoms with E-state index in [-0.39, 0.29) is 30.7 Å². The van der Waals surface area contributed by atoms with Gasteiger partial charge in [0.2, 0.25) is 11.8 Å². The molecule has 1 saturated heterocycles. The Bertz CT molecular complexity index is 1940. The number of anilines is 1. The van der Waals surface area contributed by atoms with Gasteiger partial charge in [-0.2, -0.15) is 0 Å². The number of ketones is 2. The molecule has 2 amide bonds. The van der Waals surface area contributed by atoms with Crippen LogP contribution in [-0.4, -0.2) is 81.9 Å². The molecule has 4 fully saturated rings. The first-order valence-corrected chi connectivity index (χ1v) is 18.5. The van der Waals surface area contributed by atoms with Crippen LogP contribution in [0.25, 0.3) is 0 Å². The van der Waals surface area contributed by atoms with Crippen molar-refractivity contribution in [2.45, 2.75) is 101 Å². The molecule has 7 rings (SSSR count). The Morgan fingerprint density at radius 1 is 1.04 bits per heavy atom. The molecule has 288 valence electrons. The van der Waals surface area contributed by atoms with Gasteiger partial charge in [-0.1, -0.05) is 49.4 Å². The van der Waals surface area contributed by atoms with Gasteiger partial charge in [0.25, 0.3) is 0 Å². The van der Waals surface area contributed by atoms with E-state index in [0.717, 1.165) is 17.2 Å². The minimum absolute atomic E-state index is 0.0147. The Kier molecular flexibility index (Phi) is 9.58. The summed E-state index contributed by atoms with van der Waals surface area (Å²) >= 11 is 0. The minimum Gasteiger partial charge on any atom is -0.390 e. The van der Waals surface area contributed by atoms with Crippen molar-refractivity contribution >= 4 is 29.1 Å². The fraction of sp³-hybridized carbons (Fsp3) is 0.512. The molecule has 0 radical (unpaired) electrons. The predicted octanol–water partition coefficient (Wildman–Crippen LogP) is 3.71. The molecule has 0 spiro atoms. The largest absolute Gasteiger partial charge is 0.390 e. The number of hydrogen-bond acceptors (Lipinski definition) is 9. The molecule has 11 nitrogen and oxygen atoms in total. The highest BCUT2D eigenvalue weighted by Gasteiger charge is 2.80. The lowest BCUT2D eigenvalue weighted by Gasteiger charge is -2.63. The maximum Gasteiger partial charge on any atom is 0.246 e. The highest BCUT2D eigenvalue weighted by molar-refractivity contribution is 6.01. The van der Waals surface area contributed by atoms with E-state index < -0.39 is 94.8 Å². The summed E-state index contributed by atoms with van der Waals surface area (Å²) in [5.74, 6) is -3.57. The molecule has 2 aromatic rings. The summed E-state index contributed by atoms with van der Waals surface area (Å²) in [4.78, 5) is 50.6. The molecule has 0 bridgehead atoms. The number of aliphatic hydroxyl groups excluding tert-OH is 2. The summed E-state index contributed by atoms with van der Waals surface area (Å²) in [5.41, 5.74) is 1.76. The molecule has 3 saturated carbocycles. The van der Waals surface area contributed by atoms with E-state index in [9.17, 15) is 29.4 Å². The van der Waals surface area contributed by atoms with Crippen molar-refractivity contribution in [2.24, 2.45) is 28.4 Å². The number of amides is 2. The molecule has 0 aromatic heterocycles. The van der Waals surface area contributed by atoms with Gasteiger partial charge in [0.15, 0.2) is 29.1 Å². The normalized spacial score (nSPS) is 37.6. The fourth-order valence-electron chi connectivity index (χ4n) is 10.2. The van der Waals surface area contributed by atoms with Gasteiger partial charge in [-0.05, 0) is 93.4 Å². The zero-order chi connectivity index (χ0) is 39.0. The van der Waals surface area contributed by atoms with Gasteiger partial charge in [-0.15, -0.1) is 0 Å². The predicted molar refractivity (Wildman–Crippen MR) is 193 cm³/mol. The van der Waals surface area contributed by atoms with E-state index in [2.05, 4.69) is 10.6 Å². The Morgan fingerprint density at radius 3 is 2.44 bits per heavy atom. The number of ether oxygens (including phenoxy) is 2. The summed E-state index contributed by atoms with van der Waals surface area (Å²) in [5, 5.41) is 27.4. The van der Waals surface area contributed by atoms with Gasteiger partial charge in [-0.3, -0.25) is 19.2 Å². The summed E-state index contributed by atoms with van der Waals surface area (Å²) in [6.45, 7) is 5.51. The van der Waals surface area contributed by atoms with Gasteiger partial charge < -0.3 is 36.1 Å². The molecular weight excluding hydrogens is 700 g/mol. The third-order valence-corrected chi connectivity index (χ3v) is 12.9. The van der Waals surface area contributed by atoms with Gasteiger partial charge in [-0.25, -0.2) is 8.78 Å². The van der Waals surface area contributed by atoms with Crippen molar-refractivity contribution in [3.63, 3.8) is 0 Å². The SMILES string of the molecule is C[C@H](N)C(=O)N[C@@H](C)C(=O)Nc1cccc(Cc2ccc(C3O[C@@H]4C[C@H]5[C@@H]6C[C@H](F)C7=CC(=O)C=C[C@]7(C)[C@@]6(F)[C@@H](O)C[C@]5(C)[C@]4(C(=O)CO)O3)cc2)c1. The van der Waals surface area contributed by atoms with Crippen LogP contribution in [0.4, 0.5) is 14.5 Å². The molecule has 1 aliphatic heterocycles. The van der Waals surface area contributed by atoms with Crippen LogP contribution < -0.4 is 16.4 Å². The second-order valence-electron chi connectivity index (χ2n) is 16.1. The number of carbonyl (C=O) groups excluding carboxylic acids is 4. The van der Waals surface area contributed by atoms with Crippen molar-refractivity contribution in [1.82, 2.24) is 5.32 Å². The maximum absolute atomic E-state index is 17.7. The van der Waals surface area contributed by atoms with E-state index in [4.69, 9.17) is 15.2 Å². The molecule has 54 heavy (non-hydrogen) atoms. The summed E-state index contributed by atoms with van der Waals surface area (Å²) < 4.78 is 46.6. The van der Waals surface area contributed by atoms with E-state index in [1.54, 1.807) is 19.9 Å². The zero-order valence-electron chi connectivity index (χ0n) is 30.7. The highest BCUT2D eigenvalue weighted by Crippen LogP contribution is 2.72. The third-order valence-electron chi connectivity index (χ3n) is 12.9. The Balaban J connectivity index is 1.09. The van der Waals surface area contributed by atoms with E-state index in [1.165, 1.54) is 26.0 Å². The first-order valence-electron chi connectivity index (χ1n) is 18.5. The molecule has 13 heteroatoms. The van der Waals surface area contributed by atoms with Gasteiger partial charge in [0.05, 0.1) is 18.2 Å². The first kappa shape index (κ1) is 38.1. The summed E-state index contributed by atoms with van der Waals surface area (Å²) in [7, 11) is 0. The second kappa shape index (κ2) is 13.6. The molecule has 4 aliphatic carbocycles. The van der Waals surface area contributed by atoms with Crippen LogP contribution in [-0.2, 0) is 35.1 Å². The van der Waals surface area contributed by atoms with E-state index in [1.807, 2.05) is 42.5 Å². The number of alkyl halides is 2. The van der Waals surface area contributed by atoms with Crippen LogP contribution >= 0.6 is 0 Å². The standard InChI is InChI=1S/C41H47F2N3O8/c1-21(44)35(51)45-22(2)36(52)46-26-7-5-6-24(15-26)14-23-8-10-25(11-9-23)37-53-34-18-28-29-17-31(42)30-16-27(48)12-13-38(30,3)40(29,43)32(49)19-39(28,4)41(34,54-37)33(50)20-47/h5-13,15-16,21-22,28-29,31-32,34,37,47,49H,14,17-20,44H2,1-4H3,(H,45,51)(H,46,52)/t21-,22-,28-,29-,31-,32-,34+,37?,38-,39-,40-,41+/m0/s1. The van der Waals surface area contributed by atoms with Gasteiger partial charge in [0, 0.05) is 28.0 Å². The fourth-order valence-corrected chi connectivity index (χ4v) is 10.2. The number of rotatable bonds is 9. The number of aliphatic hydroxyl groups is 2. The zero-order valence-corrected chi connectivity index (χ0v) is 30.7. The van der Waals surface area contributed by atoms with Crippen LogP contribution in [0.1, 0.15) is 69.9 Å². The van der Waals surface area contributed by atoms with E-state index >= 15 is 8.78 Å². The maximum atomic E-state index is 17.7. The number of carbonyl (C=O) groups is 4. The number of Topliss-reactive ketones (excluding diaryl/α,β-unsaturated/α-hetero) is 1. The third kappa shape index (κ3) is 5.69. The summed E-state index contributed by atoms with van der Waals surface area (Å²) in [6.07, 6.45) is -1.26. The van der Waals surface area contributed by atoms with E-state index in [0.29, 0.717) is 17.7 Å². The number of hydrogen-bond donors (Lipinski definition) is 5. The molecule has 12 atom stereocenters. The molecule has 5 aliphatic rings. The second-order valence-corrected chi connectivity index (χ2v) is 16.1. The van der Waals surface area contributed by atoms with Crippen molar-refractivity contribution in [3.8, 4) is 0 Å². The monoisotopic (exact) mass is 747 g/mol. The van der Waals surface area contributed by atoms with Gasteiger partial charge >= 0.3 is 0 Å². The van der Waals surface area contributed by atoms with Crippen LogP contribution in [0.5, 0.6) is 0 Å². The topological polar surface area (TPSA) is 177 Å². The van der Waals surface area contributed by atoms with Gasteiger partial charge in [0.1, 0.15) is 18.8 Å². The number of allylic oxidation sites excluding steroid dienone is 4. The van der Waals surface area contributed by atoms with Crippen molar-refractivity contribution in [3.05, 3.63) is 89.0 Å². The average molecular weight is 748 g/mol.